The number of nitrogens with zero attached hydrogens (tertiary/aromatic N) is 1. The fourth-order valence-electron chi connectivity index (χ4n) is 2.53. The molecule has 1 aromatic rings. The highest BCUT2D eigenvalue weighted by Crippen LogP contribution is 2.14. The summed E-state index contributed by atoms with van der Waals surface area (Å²) in [5, 5.41) is 4.34. The molecular weight excluding hydrogens is 272 g/mol. The molecule has 0 unspecified atom stereocenters. The Morgan fingerprint density at radius 1 is 1.30 bits per heavy atom. The Morgan fingerprint density at radius 2 is 1.90 bits per heavy atom. The lowest BCUT2D eigenvalue weighted by Gasteiger charge is -2.33. The molecule has 0 radical (unpaired) electrons. The van der Waals surface area contributed by atoms with Crippen LogP contribution >= 0.6 is 11.6 Å². The van der Waals surface area contributed by atoms with Crippen molar-refractivity contribution >= 4 is 17.5 Å². The van der Waals surface area contributed by atoms with Gasteiger partial charge in [0.15, 0.2) is 0 Å². The van der Waals surface area contributed by atoms with Crippen molar-refractivity contribution < 1.29 is 4.79 Å². The van der Waals surface area contributed by atoms with Crippen LogP contribution in [0.25, 0.3) is 0 Å². The number of likely N-dealkylation sites (tertiary alicyclic amines) is 1. The third kappa shape index (κ3) is 4.22. The average Bonchev–Trinajstić information content (AvgIpc) is 2.46. The number of carbonyl (C=O) groups is 1. The van der Waals surface area contributed by atoms with Crippen molar-refractivity contribution in [3.05, 3.63) is 34.9 Å². The van der Waals surface area contributed by atoms with Crippen LogP contribution < -0.4 is 5.32 Å². The van der Waals surface area contributed by atoms with E-state index in [0.717, 1.165) is 37.5 Å². The van der Waals surface area contributed by atoms with E-state index >= 15 is 0 Å². The Hall–Kier alpha value is -1.06. The molecule has 1 aromatic carbocycles. The second kappa shape index (κ2) is 7.09. The van der Waals surface area contributed by atoms with Gasteiger partial charge in [-0.1, -0.05) is 37.6 Å². The normalized spacial score (nSPS) is 16.7. The molecule has 20 heavy (non-hydrogen) atoms. The largest absolute Gasteiger partial charge is 0.342 e. The van der Waals surface area contributed by atoms with E-state index in [1.807, 2.05) is 43.0 Å². The molecule has 0 aliphatic carbocycles. The van der Waals surface area contributed by atoms with Gasteiger partial charge in [-0.15, -0.1) is 0 Å². The standard InChI is InChI=1S/C16H23ClN2O/c1-12(2)16(20)19-9-7-15(8-10-19)18-11-13-3-5-14(17)6-4-13/h3-6,12,15,18H,7-11H2,1-2H3. The highest BCUT2D eigenvalue weighted by Gasteiger charge is 2.23. The van der Waals surface area contributed by atoms with Gasteiger partial charge >= 0.3 is 0 Å². The van der Waals surface area contributed by atoms with Gasteiger partial charge in [0.05, 0.1) is 0 Å². The Balaban J connectivity index is 1.74. The third-order valence-corrected chi connectivity index (χ3v) is 4.06. The van der Waals surface area contributed by atoms with Gasteiger partial charge in [-0.05, 0) is 30.5 Å². The predicted octanol–water partition coefficient (Wildman–Crippen LogP) is 3.08. The maximum absolute atomic E-state index is 11.9. The summed E-state index contributed by atoms with van der Waals surface area (Å²) in [6.45, 7) is 6.53. The van der Waals surface area contributed by atoms with Gasteiger partial charge in [0.1, 0.15) is 0 Å². The molecule has 0 bridgehead atoms. The van der Waals surface area contributed by atoms with Crippen molar-refractivity contribution in [3.63, 3.8) is 0 Å². The van der Waals surface area contributed by atoms with Crippen LogP contribution in [0.3, 0.4) is 0 Å². The first-order valence-corrected chi connectivity index (χ1v) is 7.70. The van der Waals surface area contributed by atoms with Gasteiger partial charge in [-0.25, -0.2) is 0 Å². The van der Waals surface area contributed by atoms with Crippen molar-refractivity contribution in [1.82, 2.24) is 10.2 Å². The molecule has 1 aliphatic heterocycles. The van der Waals surface area contributed by atoms with Gasteiger partial charge in [-0.2, -0.15) is 0 Å². The van der Waals surface area contributed by atoms with E-state index in [1.165, 1.54) is 5.56 Å². The molecule has 3 nitrogen and oxygen atoms in total. The molecule has 4 heteroatoms. The van der Waals surface area contributed by atoms with Crippen LogP contribution in [0.5, 0.6) is 0 Å². The van der Waals surface area contributed by atoms with Crippen molar-refractivity contribution in [2.45, 2.75) is 39.3 Å². The molecule has 2 rings (SSSR count). The summed E-state index contributed by atoms with van der Waals surface area (Å²) < 4.78 is 0. The summed E-state index contributed by atoms with van der Waals surface area (Å²) >= 11 is 5.87. The lowest BCUT2D eigenvalue weighted by atomic mass is 10.0. The van der Waals surface area contributed by atoms with E-state index in [0.29, 0.717) is 6.04 Å². The van der Waals surface area contributed by atoms with Crippen LogP contribution in [-0.4, -0.2) is 29.9 Å². The van der Waals surface area contributed by atoms with Crippen molar-refractivity contribution in [1.29, 1.82) is 0 Å². The number of hydrogen-bond acceptors (Lipinski definition) is 2. The van der Waals surface area contributed by atoms with Gasteiger partial charge in [0.2, 0.25) is 5.91 Å². The van der Waals surface area contributed by atoms with Crippen LogP contribution in [0.2, 0.25) is 5.02 Å². The summed E-state index contributed by atoms with van der Waals surface area (Å²) in [5.41, 5.74) is 1.25. The maximum Gasteiger partial charge on any atom is 0.225 e. The minimum atomic E-state index is 0.105. The number of halogens is 1. The topological polar surface area (TPSA) is 32.3 Å². The summed E-state index contributed by atoms with van der Waals surface area (Å²) in [6, 6.07) is 8.44. The smallest absolute Gasteiger partial charge is 0.225 e. The van der Waals surface area contributed by atoms with Crippen molar-refractivity contribution in [2.75, 3.05) is 13.1 Å². The average molecular weight is 295 g/mol. The SMILES string of the molecule is CC(C)C(=O)N1CCC(NCc2ccc(Cl)cc2)CC1. The Morgan fingerprint density at radius 3 is 2.45 bits per heavy atom. The van der Waals surface area contributed by atoms with E-state index in [2.05, 4.69) is 5.32 Å². The number of amides is 1. The zero-order chi connectivity index (χ0) is 14.5. The number of piperidine rings is 1. The zero-order valence-electron chi connectivity index (χ0n) is 12.2. The van der Waals surface area contributed by atoms with Gasteiger partial charge in [-0.3, -0.25) is 4.79 Å². The summed E-state index contributed by atoms with van der Waals surface area (Å²) in [6.07, 6.45) is 2.07. The number of hydrogen-bond donors (Lipinski definition) is 1. The number of benzene rings is 1. The molecule has 0 spiro atoms. The van der Waals surface area contributed by atoms with E-state index < -0.39 is 0 Å². The quantitative estimate of drug-likeness (QED) is 0.925. The van der Waals surface area contributed by atoms with E-state index in [4.69, 9.17) is 11.6 Å². The minimum Gasteiger partial charge on any atom is -0.342 e. The zero-order valence-corrected chi connectivity index (χ0v) is 13.0. The second-order valence-corrected chi connectivity index (χ2v) is 6.20. The molecule has 1 heterocycles. The molecule has 1 fully saturated rings. The highest BCUT2D eigenvalue weighted by molar-refractivity contribution is 6.30. The molecule has 1 saturated heterocycles. The number of nitrogens with one attached hydrogen (secondary N) is 1. The van der Waals surface area contributed by atoms with E-state index in [1.54, 1.807) is 0 Å². The number of rotatable bonds is 4. The molecule has 1 amide bonds. The van der Waals surface area contributed by atoms with Crippen LogP contribution in [0, 0.1) is 5.92 Å². The first-order chi connectivity index (χ1) is 9.56. The second-order valence-electron chi connectivity index (χ2n) is 5.76. The molecule has 1 aliphatic rings. The van der Waals surface area contributed by atoms with Gasteiger partial charge < -0.3 is 10.2 Å². The summed E-state index contributed by atoms with van der Waals surface area (Å²) in [5.74, 6) is 0.384. The van der Waals surface area contributed by atoms with E-state index in [-0.39, 0.29) is 11.8 Å². The first kappa shape index (κ1) is 15.3. The van der Waals surface area contributed by atoms with Crippen molar-refractivity contribution in [2.24, 2.45) is 5.92 Å². The minimum absolute atomic E-state index is 0.105. The number of carbonyl (C=O) groups excluding carboxylic acids is 1. The fourth-order valence-corrected chi connectivity index (χ4v) is 2.66. The highest BCUT2D eigenvalue weighted by atomic mass is 35.5. The molecule has 110 valence electrons. The third-order valence-electron chi connectivity index (χ3n) is 3.81. The first-order valence-electron chi connectivity index (χ1n) is 7.33. The Labute approximate surface area is 126 Å². The molecule has 1 N–H and O–H groups in total. The molecular formula is C16H23ClN2O. The van der Waals surface area contributed by atoms with Gasteiger partial charge in [0.25, 0.3) is 0 Å². The fraction of sp³-hybridized carbons (Fsp3) is 0.562. The summed E-state index contributed by atoms with van der Waals surface area (Å²) in [4.78, 5) is 13.9. The monoisotopic (exact) mass is 294 g/mol. The molecule has 0 saturated carbocycles. The summed E-state index contributed by atoms with van der Waals surface area (Å²) in [7, 11) is 0. The van der Waals surface area contributed by atoms with Crippen LogP contribution in [0.15, 0.2) is 24.3 Å². The lowest BCUT2D eigenvalue weighted by molar-refractivity contribution is -0.135. The molecule has 0 atom stereocenters. The van der Waals surface area contributed by atoms with Crippen molar-refractivity contribution in [3.8, 4) is 0 Å². The van der Waals surface area contributed by atoms with Crippen LogP contribution in [0.4, 0.5) is 0 Å². The maximum atomic E-state index is 11.9. The Bertz CT molecular complexity index is 436. The van der Waals surface area contributed by atoms with E-state index in [9.17, 15) is 4.79 Å². The van der Waals surface area contributed by atoms with Crippen LogP contribution in [0.1, 0.15) is 32.3 Å². The lowest BCUT2D eigenvalue weighted by Crippen LogP contribution is -2.45. The molecule has 0 aromatic heterocycles. The predicted molar refractivity (Wildman–Crippen MR) is 82.7 cm³/mol. The van der Waals surface area contributed by atoms with Crippen LogP contribution in [-0.2, 0) is 11.3 Å². The Kier molecular flexibility index (Phi) is 5.44. The van der Waals surface area contributed by atoms with Gasteiger partial charge in [0, 0.05) is 36.6 Å².